The summed E-state index contributed by atoms with van der Waals surface area (Å²) in [6.45, 7) is 1.21. The van der Waals surface area contributed by atoms with Crippen LogP contribution < -0.4 is 10.5 Å². The monoisotopic (exact) mass is 497 g/mol. The number of amides is 1. The lowest BCUT2D eigenvalue weighted by Crippen LogP contribution is -2.37. The van der Waals surface area contributed by atoms with E-state index >= 15 is 0 Å². The Morgan fingerprint density at radius 2 is 1.94 bits per heavy atom. The van der Waals surface area contributed by atoms with Crippen LogP contribution in [0.25, 0.3) is 10.2 Å². The molecule has 0 spiro atoms. The Morgan fingerprint density at radius 1 is 1.15 bits per heavy atom. The summed E-state index contributed by atoms with van der Waals surface area (Å²) in [4.78, 5) is 44.4. The largest absolute Gasteiger partial charge is 0.481 e. The van der Waals surface area contributed by atoms with E-state index in [0.717, 1.165) is 31.4 Å². The summed E-state index contributed by atoms with van der Waals surface area (Å²) in [7, 11) is 0. The quantitative estimate of drug-likeness (QED) is 0.400. The Bertz CT molecular complexity index is 1280. The molecule has 178 valence electrons. The van der Waals surface area contributed by atoms with E-state index in [1.807, 2.05) is 34.5 Å². The van der Waals surface area contributed by atoms with Crippen LogP contribution in [0, 0.1) is 11.8 Å². The van der Waals surface area contributed by atoms with Gasteiger partial charge in [0.15, 0.2) is 5.16 Å². The zero-order valence-corrected chi connectivity index (χ0v) is 20.4. The zero-order valence-electron chi connectivity index (χ0n) is 18.8. The highest BCUT2D eigenvalue weighted by Gasteiger charge is 2.28. The number of carbonyl (C=O) groups excluding carboxylic acids is 1. The standard InChI is InChI=1S/C25H27N3O4S2/c29-21(27-12-3-5-17-4-1-2-6-20(17)27)15-34-25-26-19-11-13-33-22(19)23(30)28(25)14-16-7-9-18(10-8-16)24(31)32/h1-2,4,6,11,13,16,18H,3,5,7-10,12,14-15H2,(H,31,32). The minimum Gasteiger partial charge on any atom is -0.481 e. The first-order valence-corrected chi connectivity index (χ1v) is 13.6. The number of fused-ring (bicyclic) bond motifs is 2. The van der Waals surface area contributed by atoms with E-state index in [1.165, 1.54) is 28.7 Å². The van der Waals surface area contributed by atoms with Gasteiger partial charge < -0.3 is 10.0 Å². The number of anilines is 1. The lowest BCUT2D eigenvalue weighted by molar-refractivity contribution is -0.143. The number of benzene rings is 1. The number of carbonyl (C=O) groups is 2. The Hall–Kier alpha value is -2.65. The lowest BCUT2D eigenvalue weighted by Gasteiger charge is -2.29. The summed E-state index contributed by atoms with van der Waals surface area (Å²) in [5.41, 5.74) is 2.77. The summed E-state index contributed by atoms with van der Waals surface area (Å²) >= 11 is 2.71. The molecule has 0 radical (unpaired) electrons. The molecule has 1 saturated carbocycles. The number of carboxylic acid groups (broad SMARTS) is 1. The smallest absolute Gasteiger partial charge is 0.306 e. The van der Waals surface area contributed by atoms with Crippen molar-refractivity contribution >= 4 is 50.9 Å². The molecule has 0 unspecified atom stereocenters. The van der Waals surface area contributed by atoms with Crippen molar-refractivity contribution < 1.29 is 14.7 Å². The maximum absolute atomic E-state index is 13.3. The maximum atomic E-state index is 13.3. The second-order valence-electron chi connectivity index (χ2n) is 9.07. The van der Waals surface area contributed by atoms with E-state index in [9.17, 15) is 19.5 Å². The molecule has 1 amide bonds. The van der Waals surface area contributed by atoms with Crippen molar-refractivity contribution in [1.29, 1.82) is 0 Å². The zero-order chi connectivity index (χ0) is 23.7. The van der Waals surface area contributed by atoms with Gasteiger partial charge >= 0.3 is 5.97 Å². The summed E-state index contributed by atoms with van der Waals surface area (Å²) < 4.78 is 2.34. The molecule has 1 N–H and O–H groups in total. The van der Waals surface area contributed by atoms with E-state index in [0.29, 0.717) is 41.3 Å². The molecular formula is C25H27N3O4S2. The van der Waals surface area contributed by atoms with Crippen LogP contribution in [0.5, 0.6) is 0 Å². The van der Waals surface area contributed by atoms with Gasteiger partial charge in [-0.2, -0.15) is 0 Å². The van der Waals surface area contributed by atoms with Gasteiger partial charge in [-0.15, -0.1) is 11.3 Å². The van der Waals surface area contributed by atoms with Crippen molar-refractivity contribution in [2.24, 2.45) is 11.8 Å². The predicted molar refractivity (Wildman–Crippen MR) is 135 cm³/mol. The van der Waals surface area contributed by atoms with Crippen LogP contribution in [0.15, 0.2) is 45.7 Å². The van der Waals surface area contributed by atoms with Crippen molar-refractivity contribution in [2.75, 3.05) is 17.2 Å². The minimum atomic E-state index is -0.730. The average Bonchev–Trinajstić information content (AvgIpc) is 3.33. The van der Waals surface area contributed by atoms with Crippen molar-refractivity contribution in [3.63, 3.8) is 0 Å². The first-order valence-electron chi connectivity index (χ1n) is 11.7. The van der Waals surface area contributed by atoms with Crippen LogP contribution in [-0.4, -0.2) is 38.8 Å². The molecule has 3 aromatic rings. The number of hydrogen-bond acceptors (Lipinski definition) is 6. The normalized spacial score (nSPS) is 20.3. The number of aromatic nitrogens is 2. The number of para-hydroxylation sites is 1. The number of aryl methyl sites for hydroxylation is 1. The predicted octanol–water partition coefficient (Wildman–Crippen LogP) is 4.42. The van der Waals surface area contributed by atoms with Crippen molar-refractivity contribution in [3.8, 4) is 0 Å². The molecule has 1 aliphatic carbocycles. The number of thioether (sulfide) groups is 1. The van der Waals surface area contributed by atoms with Gasteiger partial charge in [0.1, 0.15) is 4.70 Å². The van der Waals surface area contributed by atoms with Gasteiger partial charge in [0.25, 0.3) is 5.56 Å². The fourth-order valence-corrected chi connectivity index (χ4v) is 6.70. The highest BCUT2D eigenvalue weighted by atomic mass is 32.2. The van der Waals surface area contributed by atoms with E-state index in [4.69, 9.17) is 4.98 Å². The second kappa shape index (κ2) is 9.92. The van der Waals surface area contributed by atoms with Crippen LogP contribution in [0.1, 0.15) is 37.7 Å². The lowest BCUT2D eigenvalue weighted by atomic mass is 9.82. The van der Waals surface area contributed by atoms with Gasteiger partial charge in [-0.25, -0.2) is 4.98 Å². The molecule has 1 aromatic carbocycles. The Labute approximate surface area is 205 Å². The van der Waals surface area contributed by atoms with E-state index < -0.39 is 5.97 Å². The SMILES string of the molecule is O=C(O)C1CCC(Cn2c(SCC(=O)N3CCCc4ccccc43)nc3ccsc3c2=O)CC1. The second-order valence-corrected chi connectivity index (χ2v) is 10.9. The molecule has 2 aliphatic rings. The number of rotatable bonds is 6. The molecular weight excluding hydrogens is 470 g/mol. The molecule has 0 bridgehead atoms. The Balaban J connectivity index is 1.35. The molecule has 5 rings (SSSR count). The summed E-state index contributed by atoms with van der Waals surface area (Å²) in [5.74, 6) is -0.555. The third-order valence-electron chi connectivity index (χ3n) is 6.90. The van der Waals surface area contributed by atoms with Gasteiger partial charge in [-0.05, 0) is 67.5 Å². The molecule has 0 saturated heterocycles. The van der Waals surface area contributed by atoms with Crippen LogP contribution in [0.2, 0.25) is 0 Å². The van der Waals surface area contributed by atoms with Crippen molar-refractivity contribution in [1.82, 2.24) is 9.55 Å². The highest BCUT2D eigenvalue weighted by Crippen LogP contribution is 2.32. The summed E-state index contributed by atoms with van der Waals surface area (Å²) in [5, 5.41) is 11.7. The molecule has 34 heavy (non-hydrogen) atoms. The van der Waals surface area contributed by atoms with Crippen molar-refractivity contribution in [3.05, 3.63) is 51.6 Å². The van der Waals surface area contributed by atoms with Gasteiger partial charge in [0, 0.05) is 18.8 Å². The van der Waals surface area contributed by atoms with Crippen LogP contribution in [-0.2, 0) is 22.6 Å². The maximum Gasteiger partial charge on any atom is 0.306 e. The van der Waals surface area contributed by atoms with Crippen LogP contribution in [0.4, 0.5) is 5.69 Å². The fourth-order valence-electron chi connectivity index (χ4n) is 5.04. The molecule has 2 aromatic heterocycles. The average molecular weight is 498 g/mol. The van der Waals surface area contributed by atoms with Gasteiger partial charge in [0.2, 0.25) is 5.91 Å². The molecule has 1 fully saturated rings. The summed E-state index contributed by atoms with van der Waals surface area (Å²) in [6.07, 6.45) is 4.75. The number of hydrogen-bond donors (Lipinski definition) is 1. The first kappa shape index (κ1) is 23.1. The number of carboxylic acids is 1. The molecule has 1 aliphatic heterocycles. The topological polar surface area (TPSA) is 92.5 Å². The third-order valence-corrected chi connectivity index (χ3v) is 8.76. The van der Waals surface area contributed by atoms with Crippen LogP contribution in [0.3, 0.4) is 0 Å². The third kappa shape index (κ3) is 4.63. The first-order chi connectivity index (χ1) is 16.5. The minimum absolute atomic E-state index is 0.0188. The fraction of sp³-hybridized carbons (Fsp3) is 0.440. The van der Waals surface area contributed by atoms with E-state index in [1.54, 1.807) is 4.57 Å². The Kier molecular flexibility index (Phi) is 6.74. The Morgan fingerprint density at radius 3 is 2.74 bits per heavy atom. The number of thiophene rings is 1. The molecule has 7 nitrogen and oxygen atoms in total. The highest BCUT2D eigenvalue weighted by molar-refractivity contribution is 7.99. The number of nitrogens with zero attached hydrogens (tertiary/aromatic N) is 3. The van der Waals surface area contributed by atoms with Gasteiger partial charge in [-0.1, -0.05) is 30.0 Å². The molecule has 3 heterocycles. The van der Waals surface area contributed by atoms with Gasteiger partial charge in [-0.3, -0.25) is 19.0 Å². The van der Waals surface area contributed by atoms with Crippen molar-refractivity contribution in [2.45, 2.75) is 50.2 Å². The van der Waals surface area contributed by atoms with Crippen LogP contribution >= 0.6 is 23.1 Å². The van der Waals surface area contributed by atoms with Gasteiger partial charge in [0.05, 0.1) is 17.2 Å². The summed E-state index contributed by atoms with van der Waals surface area (Å²) in [6, 6.07) is 9.88. The number of aliphatic carboxylic acids is 1. The molecule has 9 heteroatoms. The van der Waals surface area contributed by atoms with E-state index in [-0.39, 0.29) is 29.1 Å². The molecule has 0 atom stereocenters. The van der Waals surface area contributed by atoms with E-state index in [2.05, 4.69) is 6.07 Å².